The van der Waals surface area contributed by atoms with Crippen molar-refractivity contribution < 1.29 is 4.74 Å². The van der Waals surface area contributed by atoms with Gasteiger partial charge in [0.2, 0.25) is 0 Å². The molecule has 0 aromatic heterocycles. The first-order chi connectivity index (χ1) is 6.72. The van der Waals surface area contributed by atoms with E-state index in [1.807, 2.05) is 13.8 Å². The normalized spacial score (nSPS) is 25.5. The second-order valence-electron chi connectivity index (χ2n) is 5.02. The summed E-state index contributed by atoms with van der Waals surface area (Å²) >= 11 is 0. The first kappa shape index (κ1) is 12.0. The molecule has 1 saturated carbocycles. The average molecular weight is 198 g/mol. The first-order valence-corrected chi connectivity index (χ1v) is 6.30. The van der Waals surface area contributed by atoms with E-state index in [9.17, 15) is 0 Å². The van der Waals surface area contributed by atoms with Gasteiger partial charge in [-0.3, -0.25) is 0 Å². The van der Waals surface area contributed by atoms with Crippen molar-refractivity contribution in [1.82, 2.24) is 0 Å². The molecular formula is C13H26O. The minimum absolute atomic E-state index is 0.729. The minimum Gasteiger partial charge on any atom is -0.381 e. The van der Waals surface area contributed by atoms with Crippen LogP contribution in [0.3, 0.4) is 0 Å². The van der Waals surface area contributed by atoms with Crippen LogP contribution in [0.15, 0.2) is 0 Å². The molecule has 14 heavy (non-hydrogen) atoms. The summed E-state index contributed by atoms with van der Waals surface area (Å²) in [6.45, 7) is 10.8. The summed E-state index contributed by atoms with van der Waals surface area (Å²) in [5.41, 5.74) is 0.729. The fourth-order valence-corrected chi connectivity index (χ4v) is 2.74. The zero-order valence-corrected chi connectivity index (χ0v) is 10.3. The maximum absolute atomic E-state index is 5.40. The molecule has 0 unspecified atom stereocenters. The van der Waals surface area contributed by atoms with Gasteiger partial charge in [0.1, 0.15) is 0 Å². The van der Waals surface area contributed by atoms with Crippen LogP contribution in [0.1, 0.15) is 53.4 Å². The number of rotatable bonds is 1. The highest BCUT2D eigenvalue weighted by molar-refractivity contribution is 4.95. The predicted molar refractivity (Wildman–Crippen MR) is 61.4 cm³/mol. The van der Waals surface area contributed by atoms with Gasteiger partial charge >= 0.3 is 0 Å². The summed E-state index contributed by atoms with van der Waals surface area (Å²) in [6.07, 6.45) is 5.62. The standard InChI is InChI=1S/C11H20O.C2H6/c1-9(2)10-7-11(8-10)3-5-12-6-4-11;1-2/h9-10H,3-8H2,1-2H3;1-2H3. The van der Waals surface area contributed by atoms with Crippen molar-refractivity contribution in [3.05, 3.63) is 0 Å². The van der Waals surface area contributed by atoms with Crippen LogP contribution >= 0.6 is 0 Å². The lowest BCUT2D eigenvalue weighted by atomic mass is 9.55. The van der Waals surface area contributed by atoms with Gasteiger partial charge in [-0.15, -0.1) is 0 Å². The molecule has 1 aliphatic carbocycles. The zero-order chi connectivity index (χ0) is 10.6. The van der Waals surface area contributed by atoms with Gasteiger partial charge < -0.3 is 4.74 Å². The molecule has 0 amide bonds. The molecule has 1 aliphatic heterocycles. The molecule has 1 heteroatoms. The maximum Gasteiger partial charge on any atom is 0.0471 e. The van der Waals surface area contributed by atoms with E-state index < -0.39 is 0 Å². The molecule has 1 heterocycles. The molecule has 0 bridgehead atoms. The van der Waals surface area contributed by atoms with Crippen LogP contribution in [0.4, 0.5) is 0 Å². The van der Waals surface area contributed by atoms with Gasteiger partial charge in [-0.2, -0.15) is 0 Å². The largest absolute Gasteiger partial charge is 0.381 e. The maximum atomic E-state index is 5.40. The van der Waals surface area contributed by atoms with E-state index in [0.29, 0.717) is 0 Å². The Morgan fingerprint density at radius 2 is 1.57 bits per heavy atom. The highest BCUT2D eigenvalue weighted by atomic mass is 16.5. The van der Waals surface area contributed by atoms with Gasteiger partial charge in [0.05, 0.1) is 0 Å². The third-order valence-corrected chi connectivity index (χ3v) is 3.89. The summed E-state index contributed by atoms with van der Waals surface area (Å²) in [5.74, 6) is 1.92. The smallest absolute Gasteiger partial charge is 0.0471 e. The van der Waals surface area contributed by atoms with E-state index in [0.717, 1.165) is 30.5 Å². The van der Waals surface area contributed by atoms with Crippen molar-refractivity contribution in [3.63, 3.8) is 0 Å². The number of hydrogen-bond donors (Lipinski definition) is 0. The Kier molecular flexibility index (Phi) is 4.43. The van der Waals surface area contributed by atoms with Gasteiger partial charge in [-0.1, -0.05) is 27.7 Å². The molecule has 0 aromatic rings. The lowest BCUT2D eigenvalue weighted by molar-refractivity contribution is -0.0704. The quantitative estimate of drug-likeness (QED) is 0.621. The second kappa shape index (κ2) is 5.16. The summed E-state index contributed by atoms with van der Waals surface area (Å²) in [6, 6.07) is 0. The van der Waals surface area contributed by atoms with Crippen LogP contribution in [-0.4, -0.2) is 13.2 Å². The fourth-order valence-electron chi connectivity index (χ4n) is 2.74. The van der Waals surface area contributed by atoms with Crippen LogP contribution < -0.4 is 0 Å². The van der Waals surface area contributed by atoms with Gasteiger partial charge in [0.15, 0.2) is 0 Å². The van der Waals surface area contributed by atoms with Crippen LogP contribution in [0.25, 0.3) is 0 Å². The van der Waals surface area contributed by atoms with Gasteiger partial charge in [0.25, 0.3) is 0 Å². The molecule has 0 aromatic carbocycles. The summed E-state index contributed by atoms with van der Waals surface area (Å²) in [4.78, 5) is 0. The number of ether oxygens (including phenoxy) is 1. The molecule has 1 nitrogen and oxygen atoms in total. The van der Waals surface area contributed by atoms with Crippen molar-refractivity contribution in [3.8, 4) is 0 Å². The highest BCUT2D eigenvalue weighted by Crippen LogP contribution is 2.54. The van der Waals surface area contributed by atoms with Gasteiger partial charge in [-0.25, -0.2) is 0 Å². The van der Waals surface area contributed by atoms with Crippen molar-refractivity contribution in [2.45, 2.75) is 53.4 Å². The molecule has 2 rings (SSSR count). The molecule has 2 aliphatic rings. The average Bonchev–Trinajstić information content (AvgIpc) is 2.18. The molecule has 0 N–H and O–H groups in total. The Morgan fingerprint density at radius 1 is 1.07 bits per heavy atom. The third-order valence-electron chi connectivity index (χ3n) is 3.89. The predicted octanol–water partition coefficient (Wildman–Crippen LogP) is 3.88. The summed E-state index contributed by atoms with van der Waals surface area (Å²) in [5, 5.41) is 0. The zero-order valence-electron chi connectivity index (χ0n) is 10.3. The summed E-state index contributed by atoms with van der Waals surface area (Å²) < 4.78 is 5.40. The van der Waals surface area contributed by atoms with E-state index in [-0.39, 0.29) is 0 Å². The molecule has 0 radical (unpaired) electrons. The van der Waals surface area contributed by atoms with E-state index in [1.165, 1.54) is 25.7 Å². The lowest BCUT2D eigenvalue weighted by Crippen LogP contribution is -2.43. The Balaban J connectivity index is 0.000000461. The summed E-state index contributed by atoms with van der Waals surface area (Å²) in [7, 11) is 0. The SMILES string of the molecule is CC.CC(C)C1CC2(CCOCC2)C1. The van der Waals surface area contributed by atoms with Crippen LogP contribution in [-0.2, 0) is 4.74 Å². The monoisotopic (exact) mass is 198 g/mol. The number of hydrogen-bond acceptors (Lipinski definition) is 1. The van der Waals surface area contributed by atoms with Crippen molar-refractivity contribution >= 4 is 0 Å². The minimum atomic E-state index is 0.729. The van der Waals surface area contributed by atoms with Crippen molar-refractivity contribution in [1.29, 1.82) is 0 Å². The van der Waals surface area contributed by atoms with Gasteiger partial charge in [-0.05, 0) is 42.9 Å². The Bertz CT molecular complexity index is 149. The molecule has 84 valence electrons. The van der Waals surface area contributed by atoms with Gasteiger partial charge in [0, 0.05) is 13.2 Å². The Hall–Kier alpha value is -0.0400. The molecule has 0 atom stereocenters. The van der Waals surface area contributed by atoms with Crippen LogP contribution in [0.2, 0.25) is 0 Å². The molecule has 1 spiro atoms. The second-order valence-corrected chi connectivity index (χ2v) is 5.02. The highest BCUT2D eigenvalue weighted by Gasteiger charge is 2.45. The molecule has 1 saturated heterocycles. The van der Waals surface area contributed by atoms with E-state index in [1.54, 1.807) is 0 Å². The van der Waals surface area contributed by atoms with Crippen molar-refractivity contribution in [2.24, 2.45) is 17.3 Å². The Labute approximate surface area is 89.2 Å². The Morgan fingerprint density at radius 3 is 2.00 bits per heavy atom. The van der Waals surface area contributed by atoms with E-state index in [4.69, 9.17) is 4.74 Å². The van der Waals surface area contributed by atoms with Crippen LogP contribution in [0, 0.1) is 17.3 Å². The fraction of sp³-hybridized carbons (Fsp3) is 1.00. The van der Waals surface area contributed by atoms with Crippen LogP contribution in [0.5, 0.6) is 0 Å². The first-order valence-electron chi connectivity index (χ1n) is 6.30. The molecular weight excluding hydrogens is 172 g/mol. The van der Waals surface area contributed by atoms with E-state index in [2.05, 4.69) is 13.8 Å². The topological polar surface area (TPSA) is 9.23 Å². The third kappa shape index (κ3) is 2.50. The van der Waals surface area contributed by atoms with Crippen molar-refractivity contribution in [2.75, 3.05) is 13.2 Å². The molecule has 2 fully saturated rings. The lowest BCUT2D eigenvalue weighted by Gasteiger charge is -2.51. The van der Waals surface area contributed by atoms with E-state index >= 15 is 0 Å².